The van der Waals surface area contributed by atoms with E-state index in [0.29, 0.717) is 0 Å². The van der Waals surface area contributed by atoms with Crippen LogP contribution in [0.4, 0.5) is 10.1 Å². The number of anilines is 1. The number of nitrogens with one attached hydrogen (secondary N) is 1. The van der Waals surface area contributed by atoms with Crippen molar-refractivity contribution in [2.75, 3.05) is 18.9 Å². The van der Waals surface area contributed by atoms with Gasteiger partial charge in [0.05, 0.1) is 17.1 Å². The smallest absolute Gasteiger partial charge is 0.255 e. The van der Waals surface area contributed by atoms with Crippen molar-refractivity contribution in [2.45, 2.75) is 20.8 Å². The summed E-state index contributed by atoms with van der Waals surface area (Å²) in [6.45, 7) is 5.69. The van der Waals surface area contributed by atoms with E-state index in [9.17, 15) is 14.0 Å². The summed E-state index contributed by atoms with van der Waals surface area (Å²) in [6.07, 6.45) is 0. The lowest BCUT2D eigenvalue weighted by atomic mass is 10.1. The van der Waals surface area contributed by atoms with Gasteiger partial charge in [0.25, 0.3) is 5.91 Å². The first-order chi connectivity index (χ1) is 11.7. The molecular weight excluding hydrogens is 343 g/mol. The summed E-state index contributed by atoms with van der Waals surface area (Å²) in [7, 11) is 1.50. The van der Waals surface area contributed by atoms with E-state index in [1.54, 1.807) is 0 Å². The van der Waals surface area contributed by atoms with Crippen LogP contribution in [-0.4, -0.2) is 30.3 Å². The van der Waals surface area contributed by atoms with Gasteiger partial charge in [-0.3, -0.25) is 9.59 Å². The molecule has 0 spiro atoms. The van der Waals surface area contributed by atoms with Gasteiger partial charge in [-0.05, 0) is 50.1 Å². The number of aryl methyl sites for hydroxylation is 3. The summed E-state index contributed by atoms with van der Waals surface area (Å²) < 4.78 is 13.1. The Kier molecular flexibility index (Phi) is 5.80. The molecule has 4 nitrogen and oxygen atoms in total. The van der Waals surface area contributed by atoms with E-state index in [1.807, 2.05) is 32.9 Å². The van der Waals surface area contributed by atoms with E-state index in [2.05, 4.69) is 5.32 Å². The summed E-state index contributed by atoms with van der Waals surface area (Å²) in [6, 6.07) is 7.50. The predicted molar refractivity (Wildman–Crippen MR) is 97.7 cm³/mol. The fourth-order valence-electron chi connectivity index (χ4n) is 2.71. The van der Waals surface area contributed by atoms with Gasteiger partial charge >= 0.3 is 0 Å². The van der Waals surface area contributed by atoms with Gasteiger partial charge in [0.2, 0.25) is 5.91 Å². The molecule has 25 heavy (non-hydrogen) atoms. The van der Waals surface area contributed by atoms with Gasteiger partial charge in [-0.25, -0.2) is 4.39 Å². The zero-order chi connectivity index (χ0) is 18.7. The van der Waals surface area contributed by atoms with Crippen LogP contribution in [0.25, 0.3) is 0 Å². The minimum atomic E-state index is -0.521. The molecule has 0 atom stereocenters. The quantitative estimate of drug-likeness (QED) is 0.889. The molecule has 0 aromatic heterocycles. The third kappa shape index (κ3) is 4.57. The molecule has 0 aliphatic carbocycles. The number of carbonyl (C=O) groups excluding carboxylic acids is 2. The second-order valence-corrected chi connectivity index (χ2v) is 6.51. The molecule has 2 aromatic carbocycles. The lowest BCUT2D eigenvalue weighted by molar-refractivity contribution is -0.116. The van der Waals surface area contributed by atoms with Gasteiger partial charge in [-0.2, -0.15) is 0 Å². The normalized spacial score (nSPS) is 10.5. The van der Waals surface area contributed by atoms with Crippen molar-refractivity contribution in [3.05, 3.63) is 63.4 Å². The van der Waals surface area contributed by atoms with E-state index in [0.717, 1.165) is 34.5 Å². The fourth-order valence-corrected chi connectivity index (χ4v) is 2.96. The van der Waals surface area contributed by atoms with E-state index in [1.165, 1.54) is 18.0 Å². The zero-order valence-corrected chi connectivity index (χ0v) is 15.4. The van der Waals surface area contributed by atoms with Gasteiger partial charge in [0.1, 0.15) is 5.82 Å². The van der Waals surface area contributed by atoms with Gasteiger partial charge in [-0.15, -0.1) is 0 Å². The first kappa shape index (κ1) is 18.9. The van der Waals surface area contributed by atoms with Gasteiger partial charge in [0, 0.05) is 12.7 Å². The number of halogens is 2. The first-order valence-corrected chi connectivity index (χ1v) is 8.15. The predicted octanol–water partition coefficient (Wildman–Crippen LogP) is 4.12. The van der Waals surface area contributed by atoms with Crippen LogP contribution in [0.1, 0.15) is 27.0 Å². The maximum atomic E-state index is 13.1. The summed E-state index contributed by atoms with van der Waals surface area (Å²) >= 11 is 5.90. The Morgan fingerprint density at radius 1 is 1.12 bits per heavy atom. The summed E-state index contributed by atoms with van der Waals surface area (Å²) in [5.74, 6) is -1.28. The molecule has 2 amide bonds. The van der Waals surface area contributed by atoms with E-state index < -0.39 is 11.7 Å². The minimum absolute atomic E-state index is 0.0162. The number of carbonyl (C=O) groups is 2. The molecule has 6 heteroatoms. The molecule has 0 unspecified atom stereocenters. The number of benzene rings is 2. The largest absolute Gasteiger partial charge is 0.332 e. The van der Waals surface area contributed by atoms with Crippen molar-refractivity contribution in [1.29, 1.82) is 0 Å². The maximum Gasteiger partial charge on any atom is 0.255 e. The average molecular weight is 363 g/mol. The van der Waals surface area contributed by atoms with Crippen molar-refractivity contribution < 1.29 is 14.0 Å². The lowest BCUT2D eigenvalue weighted by Crippen LogP contribution is -2.35. The van der Waals surface area contributed by atoms with Crippen LogP contribution in [0, 0.1) is 26.6 Å². The Hall–Kier alpha value is -2.40. The number of hydrogen-bond donors (Lipinski definition) is 1. The summed E-state index contributed by atoms with van der Waals surface area (Å²) in [5, 5.41) is 2.86. The number of hydrogen-bond acceptors (Lipinski definition) is 2. The molecule has 1 N–H and O–H groups in total. The Labute approximate surface area is 151 Å². The highest BCUT2D eigenvalue weighted by Gasteiger charge is 2.18. The number of likely N-dealkylation sites (N-methyl/N-ethyl adjacent to an activating group) is 1. The minimum Gasteiger partial charge on any atom is -0.332 e. The van der Waals surface area contributed by atoms with Crippen molar-refractivity contribution >= 4 is 29.1 Å². The van der Waals surface area contributed by atoms with E-state index in [4.69, 9.17) is 11.6 Å². The van der Waals surface area contributed by atoms with Crippen LogP contribution in [0.5, 0.6) is 0 Å². The van der Waals surface area contributed by atoms with Crippen LogP contribution in [0.2, 0.25) is 5.02 Å². The van der Waals surface area contributed by atoms with Crippen molar-refractivity contribution in [3.63, 3.8) is 0 Å². The molecule has 2 rings (SSSR count). The van der Waals surface area contributed by atoms with Crippen LogP contribution in [-0.2, 0) is 4.79 Å². The molecule has 0 fully saturated rings. The summed E-state index contributed by atoms with van der Waals surface area (Å²) in [4.78, 5) is 25.9. The Morgan fingerprint density at radius 2 is 1.72 bits per heavy atom. The molecule has 0 radical (unpaired) electrons. The topological polar surface area (TPSA) is 49.4 Å². The molecule has 132 valence electrons. The second-order valence-electron chi connectivity index (χ2n) is 6.11. The third-order valence-electron chi connectivity index (χ3n) is 3.83. The second kappa shape index (κ2) is 7.66. The zero-order valence-electron chi connectivity index (χ0n) is 14.6. The lowest BCUT2D eigenvalue weighted by Gasteiger charge is -2.19. The molecule has 0 aliphatic rings. The number of rotatable bonds is 4. The fraction of sp³-hybridized carbons (Fsp3) is 0.263. The van der Waals surface area contributed by atoms with Crippen LogP contribution < -0.4 is 5.32 Å². The molecular formula is C19H20ClFN2O2. The molecule has 0 heterocycles. The van der Waals surface area contributed by atoms with E-state index >= 15 is 0 Å². The van der Waals surface area contributed by atoms with Gasteiger partial charge in [-0.1, -0.05) is 29.3 Å². The molecule has 2 aromatic rings. The highest BCUT2D eigenvalue weighted by atomic mass is 35.5. The van der Waals surface area contributed by atoms with Crippen LogP contribution in [0.3, 0.4) is 0 Å². The van der Waals surface area contributed by atoms with Gasteiger partial charge in [0.15, 0.2) is 0 Å². The summed E-state index contributed by atoms with van der Waals surface area (Å²) in [5.41, 5.74) is 3.94. The molecule has 0 aliphatic heterocycles. The number of nitrogens with zero attached hydrogens (tertiary/aromatic N) is 1. The van der Waals surface area contributed by atoms with Crippen molar-refractivity contribution in [3.8, 4) is 0 Å². The van der Waals surface area contributed by atoms with Crippen molar-refractivity contribution in [1.82, 2.24) is 4.90 Å². The van der Waals surface area contributed by atoms with Gasteiger partial charge < -0.3 is 10.2 Å². The van der Waals surface area contributed by atoms with Crippen LogP contribution in [0.15, 0.2) is 30.3 Å². The number of amides is 2. The molecule has 0 saturated carbocycles. The maximum absolute atomic E-state index is 13.1. The molecule has 0 bridgehead atoms. The SMILES string of the molecule is Cc1cc(C)c(NC(=O)CN(C)C(=O)c2ccc(F)cc2Cl)c(C)c1. The highest BCUT2D eigenvalue weighted by molar-refractivity contribution is 6.33. The van der Waals surface area contributed by atoms with Crippen LogP contribution >= 0.6 is 11.6 Å². The average Bonchev–Trinajstić information content (AvgIpc) is 2.50. The highest BCUT2D eigenvalue weighted by Crippen LogP contribution is 2.22. The van der Waals surface area contributed by atoms with Crippen molar-refractivity contribution in [2.24, 2.45) is 0 Å². The Morgan fingerprint density at radius 3 is 2.28 bits per heavy atom. The monoisotopic (exact) mass is 362 g/mol. The first-order valence-electron chi connectivity index (χ1n) is 7.77. The third-order valence-corrected chi connectivity index (χ3v) is 4.14. The molecule has 0 saturated heterocycles. The Bertz CT molecular complexity index is 813. The Balaban J connectivity index is 2.09. The standard InChI is InChI=1S/C19H20ClFN2O2/c1-11-7-12(2)18(13(3)8-11)22-17(24)10-23(4)19(25)15-6-5-14(21)9-16(15)20/h5-9H,10H2,1-4H3,(H,22,24). The van der Waals surface area contributed by atoms with E-state index in [-0.39, 0.29) is 23.0 Å².